The fourth-order valence-corrected chi connectivity index (χ4v) is 4.99. The van der Waals surface area contributed by atoms with Gasteiger partial charge >= 0.3 is 6.09 Å². The number of alkyl carbamates (subject to hydrolysis) is 1. The summed E-state index contributed by atoms with van der Waals surface area (Å²) in [6.45, 7) is 6.16. The Bertz CT molecular complexity index is 1420. The second-order valence-electron chi connectivity index (χ2n) is 10.7. The average Bonchev–Trinajstić information content (AvgIpc) is 3.28. The molecule has 204 valence electrons. The first-order valence-electron chi connectivity index (χ1n) is 13.1. The van der Waals surface area contributed by atoms with E-state index in [-0.39, 0.29) is 18.2 Å². The molecule has 0 unspecified atom stereocenters. The zero-order valence-corrected chi connectivity index (χ0v) is 23.9. The Kier molecular flexibility index (Phi) is 7.97. The number of anilines is 2. The van der Waals surface area contributed by atoms with Crippen LogP contribution in [-0.2, 0) is 11.3 Å². The molecular weight excluding hydrogens is 560 g/mol. The maximum absolute atomic E-state index is 12.3. The second kappa shape index (κ2) is 11.6. The highest BCUT2D eigenvalue weighted by atomic mass is 79.9. The molecule has 1 fully saturated rings. The molecule has 10 nitrogen and oxygen atoms in total. The molecule has 1 aliphatic carbocycles. The smallest absolute Gasteiger partial charge is 0.407 e. The maximum Gasteiger partial charge on any atom is 0.407 e. The molecule has 1 aromatic carbocycles. The second-order valence-corrected chi connectivity index (χ2v) is 11.6. The number of amides is 1. The summed E-state index contributed by atoms with van der Waals surface area (Å²) in [6, 6.07) is 14.3. The molecule has 1 saturated carbocycles. The molecule has 0 aliphatic heterocycles. The van der Waals surface area contributed by atoms with Crippen LogP contribution in [0.3, 0.4) is 0 Å². The van der Waals surface area contributed by atoms with Crippen molar-refractivity contribution in [3.05, 3.63) is 64.9 Å². The Balaban J connectivity index is 1.26. The molecule has 0 radical (unpaired) electrons. The van der Waals surface area contributed by atoms with Crippen molar-refractivity contribution in [2.75, 3.05) is 10.6 Å². The SMILES string of the molecule is CC(C)(C)OC(=O)N[C@H]1CCC[C@@H](Nc2nc(NCc3ccc(-c4ccccn4)cc3)n3ncc(Br)c3n2)C1. The van der Waals surface area contributed by atoms with Crippen molar-refractivity contribution < 1.29 is 9.53 Å². The van der Waals surface area contributed by atoms with Crippen molar-refractivity contribution in [3.63, 3.8) is 0 Å². The minimum Gasteiger partial charge on any atom is -0.444 e. The highest BCUT2D eigenvalue weighted by Crippen LogP contribution is 2.25. The van der Waals surface area contributed by atoms with E-state index in [0.29, 0.717) is 24.1 Å². The Morgan fingerprint density at radius 3 is 2.64 bits per heavy atom. The van der Waals surface area contributed by atoms with Crippen LogP contribution in [0.25, 0.3) is 16.9 Å². The first kappa shape index (κ1) is 26.9. The van der Waals surface area contributed by atoms with Gasteiger partial charge in [-0.3, -0.25) is 4.98 Å². The Morgan fingerprint density at radius 1 is 1.10 bits per heavy atom. The van der Waals surface area contributed by atoms with Gasteiger partial charge < -0.3 is 20.7 Å². The van der Waals surface area contributed by atoms with Crippen LogP contribution in [0.2, 0.25) is 0 Å². The summed E-state index contributed by atoms with van der Waals surface area (Å²) >= 11 is 3.55. The van der Waals surface area contributed by atoms with Crippen LogP contribution >= 0.6 is 15.9 Å². The van der Waals surface area contributed by atoms with E-state index in [2.05, 4.69) is 66.2 Å². The summed E-state index contributed by atoms with van der Waals surface area (Å²) in [7, 11) is 0. The molecule has 3 aromatic heterocycles. The van der Waals surface area contributed by atoms with Gasteiger partial charge in [-0.2, -0.15) is 19.6 Å². The van der Waals surface area contributed by atoms with Crippen molar-refractivity contribution in [2.24, 2.45) is 0 Å². The van der Waals surface area contributed by atoms with E-state index in [0.717, 1.165) is 47.0 Å². The van der Waals surface area contributed by atoms with Gasteiger partial charge in [0, 0.05) is 30.4 Å². The van der Waals surface area contributed by atoms with Crippen LogP contribution < -0.4 is 16.0 Å². The highest BCUT2D eigenvalue weighted by Gasteiger charge is 2.26. The Labute approximate surface area is 236 Å². The number of hydrogen-bond acceptors (Lipinski definition) is 8. The van der Waals surface area contributed by atoms with E-state index in [4.69, 9.17) is 14.7 Å². The lowest BCUT2D eigenvalue weighted by molar-refractivity contribution is 0.0492. The first-order chi connectivity index (χ1) is 18.7. The summed E-state index contributed by atoms with van der Waals surface area (Å²) in [5.74, 6) is 1.10. The van der Waals surface area contributed by atoms with Gasteiger partial charge in [0.25, 0.3) is 0 Å². The largest absolute Gasteiger partial charge is 0.444 e. The molecule has 11 heteroatoms. The van der Waals surface area contributed by atoms with Crippen LogP contribution in [0.4, 0.5) is 16.7 Å². The molecule has 4 aromatic rings. The summed E-state index contributed by atoms with van der Waals surface area (Å²) in [6.07, 6.45) is 6.75. The van der Waals surface area contributed by atoms with E-state index in [1.807, 2.05) is 39.0 Å². The predicted molar refractivity (Wildman–Crippen MR) is 155 cm³/mol. The van der Waals surface area contributed by atoms with Gasteiger partial charge in [0.2, 0.25) is 11.9 Å². The molecule has 2 atom stereocenters. The molecule has 3 heterocycles. The highest BCUT2D eigenvalue weighted by molar-refractivity contribution is 9.10. The number of pyridine rings is 1. The van der Waals surface area contributed by atoms with Gasteiger partial charge in [0.1, 0.15) is 5.60 Å². The van der Waals surface area contributed by atoms with Crippen molar-refractivity contribution in [1.29, 1.82) is 0 Å². The van der Waals surface area contributed by atoms with Gasteiger partial charge in [-0.15, -0.1) is 0 Å². The fourth-order valence-electron chi connectivity index (χ4n) is 4.65. The summed E-state index contributed by atoms with van der Waals surface area (Å²) in [4.78, 5) is 26.1. The third kappa shape index (κ3) is 7.03. The molecule has 1 aliphatic rings. The van der Waals surface area contributed by atoms with Gasteiger partial charge in [-0.05, 0) is 80.1 Å². The summed E-state index contributed by atoms with van der Waals surface area (Å²) in [5, 5.41) is 14.3. The molecule has 3 N–H and O–H groups in total. The number of halogens is 1. The lowest BCUT2D eigenvalue weighted by atomic mass is 9.91. The van der Waals surface area contributed by atoms with Crippen molar-refractivity contribution >= 4 is 39.6 Å². The van der Waals surface area contributed by atoms with Crippen molar-refractivity contribution in [1.82, 2.24) is 29.9 Å². The number of carbonyl (C=O) groups is 1. The van der Waals surface area contributed by atoms with Crippen LogP contribution in [0.5, 0.6) is 0 Å². The van der Waals surface area contributed by atoms with E-state index >= 15 is 0 Å². The molecular formula is C28H33BrN8O2. The number of aromatic nitrogens is 5. The zero-order valence-electron chi connectivity index (χ0n) is 22.3. The fraction of sp³-hybridized carbons (Fsp3) is 0.393. The van der Waals surface area contributed by atoms with E-state index in [1.165, 1.54) is 0 Å². The number of nitrogens with zero attached hydrogens (tertiary/aromatic N) is 5. The lowest BCUT2D eigenvalue weighted by Crippen LogP contribution is -2.44. The summed E-state index contributed by atoms with van der Waals surface area (Å²) < 4.78 is 7.90. The van der Waals surface area contributed by atoms with Gasteiger partial charge in [0.15, 0.2) is 5.65 Å². The average molecular weight is 594 g/mol. The topological polar surface area (TPSA) is 118 Å². The Morgan fingerprint density at radius 2 is 1.90 bits per heavy atom. The number of ether oxygens (including phenoxy) is 1. The zero-order chi connectivity index (χ0) is 27.4. The van der Waals surface area contributed by atoms with Crippen LogP contribution in [-0.4, -0.2) is 48.3 Å². The number of carbonyl (C=O) groups excluding carboxylic acids is 1. The summed E-state index contributed by atoms with van der Waals surface area (Å²) in [5.41, 5.74) is 3.25. The monoisotopic (exact) mass is 592 g/mol. The molecule has 5 rings (SSSR count). The van der Waals surface area contributed by atoms with Crippen molar-refractivity contribution in [3.8, 4) is 11.3 Å². The van der Waals surface area contributed by atoms with Crippen molar-refractivity contribution in [2.45, 2.75) is 70.7 Å². The number of fused-ring (bicyclic) bond motifs is 1. The first-order valence-corrected chi connectivity index (χ1v) is 13.9. The van der Waals surface area contributed by atoms with Crippen LogP contribution in [0.15, 0.2) is 59.3 Å². The Hall–Kier alpha value is -3.73. The standard InChI is InChI=1S/C28H33BrN8O2/c1-28(2,3)39-27(38)34-21-8-6-7-20(15-21)33-25-35-24-22(29)17-32-37(24)26(36-25)31-16-18-10-12-19(13-11-18)23-9-4-5-14-30-23/h4-5,9-14,17,20-21H,6-8,15-16H2,1-3H3,(H,34,38)(H2,31,33,35,36)/t20-,21+/m1/s1. The third-order valence-corrected chi connectivity index (χ3v) is 6.98. The minimum atomic E-state index is -0.525. The van der Waals surface area contributed by atoms with Crippen LogP contribution in [0, 0.1) is 0 Å². The van der Waals surface area contributed by atoms with E-state index < -0.39 is 5.60 Å². The molecule has 0 spiro atoms. The predicted octanol–water partition coefficient (Wildman–Crippen LogP) is 5.81. The number of benzene rings is 1. The molecule has 39 heavy (non-hydrogen) atoms. The number of rotatable bonds is 7. The van der Waals surface area contributed by atoms with Crippen LogP contribution in [0.1, 0.15) is 52.0 Å². The van der Waals surface area contributed by atoms with E-state index in [9.17, 15) is 4.79 Å². The number of hydrogen-bond donors (Lipinski definition) is 3. The lowest BCUT2D eigenvalue weighted by Gasteiger charge is -2.31. The third-order valence-electron chi connectivity index (χ3n) is 6.42. The maximum atomic E-state index is 12.3. The quantitative estimate of drug-likeness (QED) is 0.246. The number of nitrogens with one attached hydrogen (secondary N) is 3. The van der Waals surface area contributed by atoms with Gasteiger partial charge in [-0.25, -0.2) is 4.79 Å². The van der Waals surface area contributed by atoms with E-state index in [1.54, 1.807) is 16.9 Å². The molecule has 1 amide bonds. The molecule has 0 saturated heterocycles. The molecule has 0 bridgehead atoms. The van der Waals surface area contributed by atoms with Gasteiger partial charge in [0.05, 0.1) is 16.4 Å². The minimum absolute atomic E-state index is 0.0307. The normalized spacial score (nSPS) is 17.5. The van der Waals surface area contributed by atoms with Gasteiger partial charge in [-0.1, -0.05) is 30.3 Å².